The number of fused-ring (bicyclic) bond motifs is 1. The first-order valence-electron chi connectivity index (χ1n) is 14.6. The van der Waals surface area contributed by atoms with Crippen molar-refractivity contribution in [3.8, 4) is 0 Å². The van der Waals surface area contributed by atoms with Gasteiger partial charge in [-0.05, 0) is 55.1 Å². The summed E-state index contributed by atoms with van der Waals surface area (Å²) in [6.45, 7) is 14.0. The topological polar surface area (TPSA) is 6.48 Å². The molecule has 0 bridgehead atoms. The molecule has 2 aromatic carbocycles. The molecule has 36 heavy (non-hydrogen) atoms. The quantitative estimate of drug-likeness (QED) is 0.288. The van der Waals surface area contributed by atoms with E-state index in [2.05, 4.69) is 85.2 Å². The summed E-state index contributed by atoms with van der Waals surface area (Å²) in [5, 5.41) is 5.05. The lowest BCUT2D eigenvalue weighted by Crippen LogP contribution is -2.68. The van der Waals surface area contributed by atoms with E-state index in [4.69, 9.17) is 0 Å². The van der Waals surface area contributed by atoms with Gasteiger partial charge in [-0.1, -0.05) is 78.2 Å². The maximum Gasteiger partial charge on any atom is 0.0237 e. The molecule has 1 spiro atoms. The maximum atomic E-state index is 2.88. The first kappa shape index (κ1) is 21.4. The Hall–Kier alpha value is -1.55. The van der Waals surface area contributed by atoms with Crippen molar-refractivity contribution in [1.82, 2.24) is 9.80 Å². The van der Waals surface area contributed by atoms with Crippen LogP contribution in [-0.2, 0) is 13.1 Å². The van der Waals surface area contributed by atoms with Gasteiger partial charge in [-0.25, -0.2) is 10.0 Å². The van der Waals surface area contributed by atoms with E-state index in [1.165, 1.54) is 75.2 Å². The SMILES string of the molecule is Cc1cccc(CN(CC=C2C3CC(C)C23)CCN(Cc2cccc(C)c2)CC23C4C5C2S52C4C32)c1. The summed E-state index contributed by atoms with van der Waals surface area (Å²) in [6.07, 6.45) is 4.06. The summed E-state index contributed by atoms with van der Waals surface area (Å²) in [5.74, 6) is 4.01. The van der Waals surface area contributed by atoms with E-state index in [0.29, 0.717) is 0 Å². The highest BCUT2D eigenvalue weighted by Crippen LogP contribution is 3.27. The molecule has 4 saturated heterocycles. The van der Waals surface area contributed by atoms with E-state index in [9.17, 15) is 0 Å². The number of aryl methyl sites for hydroxylation is 2. The molecule has 0 radical (unpaired) electrons. The molecule has 188 valence electrons. The van der Waals surface area contributed by atoms with Crippen LogP contribution in [-0.4, -0.2) is 57.0 Å². The third-order valence-corrected chi connectivity index (χ3v) is 17.4. The van der Waals surface area contributed by atoms with E-state index in [0.717, 1.165) is 42.8 Å². The summed E-state index contributed by atoms with van der Waals surface area (Å²) >= 11 is 0. The zero-order valence-corrected chi connectivity index (χ0v) is 22.9. The first-order chi connectivity index (χ1) is 17.5. The molecule has 4 aliphatic carbocycles. The van der Waals surface area contributed by atoms with Crippen molar-refractivity contribution < 1.29 is 0 Å². The van der Waals surface area contributed by atoms with E-state index >= 15 is 0 Å². The maximum absolute atomic E-state index is 2.88. The second-order valence-corrected chi connectivity index (χ2v) is 17.4. The van der Waals surface area contributed by atoms with Crippen molar-refractivity contribution in [3.05, 3.63) is 82.4 Å². The highest BCUT2D eigenvalue weighted by Gasteiger charge is 3.19. The van der Waals surface area contributed by atoms with Crippen molar-refractivity contribution in [2.24, 2.45) is 29.1 Å². The van der Waals surface area contributed by atoms with Crippen LogP contribution in [0.4, 0.5) is 0 Å². The second kappa shape index (κ2) is 6.90. The van der Waals surface area contributed by atoms with Gasteiger partial charge in [0.25, 0.3) is 0 Å². The van der Waals surface area contributed by atoms with Crippen LogP contribution < -0.4 is 0 Å². The van der Waals surface area contributed by atoms with Crippen molar-refractivity contribution in [2.75, 3.05) is 26.2 Å². The number of rotatable bonds is 11. The fourth-order valence-corrected chi connectivity index (χ4v) is 18.4. The van der Waals surface area contributed by atoms with Crippen LogP contribution in [0.5, 0.6) is 0 Å². The minimum atomic E-state index is 0.0826. The lowest BCUT2D eigenvalue weighted by Gasteiger charge is -2.57. The van der Waals surface area contributed by atoms with Gasteiger partial charge < -0.3 is 0 Å². The largest absolute Gasteiger partial charge is 0.297 e. The molecule has 4 aliphatic heterocycles. The Kier molecular flexibility index (Phi) is 4.10. The fourth-order valence-electron chi connectivity index (χ4n) is 10.4. The monoisotopic (exact) mass is 496 g/mol. The van der Waals surface area contributed by atoms with E-state index in [1.54, 1.807) is 5.57 Å². The highest BCUT2D eigenvalue weighted by molar-refractivity contribution is 8.51. The second-order valence-electron chi connectivity index (χ2n) is 13.7. The summed E-state index contributed by atoms with van der Waals surface area (Å²) in [5.41, 5.74) is 8.35. The Balaban J connectivity index is 0.927. The molecule has 8 aliphatic rings. The molecule has 4 saturated carbocycles. The Labute approximate surface area is 218 Å². The molecule has 4 heterocycles. The minimum Gasteiger partial charge on any atom is -0.297 e. The molecule has 3 heteroatoms. The van der Waals surface area contributed by atoms with Crippen LogP contribution in [0.3, 0.4) is 0 Å². The molecule has 0 aromatic heterocycles. The molecule has 2 aromatic rings. The summed E-state index contributed by atoms with van der Waals surface area (Å²) < 4.78 is 0. The Morgan fingerprint density at radius 1 is 0.917 bits per heavy atom. The van der Waals surface area contributed by atoms with Crippen molar-refractivity contribution in [2.45, 2.75) is 61.3 Å². The van der Waals surface area contributed by atoms with Crippen LogP contribution in [0.15, 0.2) is 60.2 Å². The van der Waals surface area contributed by atoms with Gasteiger partial charge in [0.2, 0.25) is 0 Å². The zero-order valence-electron chi connectivity index (χ0n) is 22.1. The first-order valence-corrected chi connectivity index (χ1v) is 16.5. The minimum absolute atomic E-state index is 0.0826. The van der Waals surface area contributed by atoms with Gasteiger partial charge in [-0.2, -0.15) is 0 Å². The lowest BCUT2D eigenvalue weighted by atomic mass is 9.47. The van der Waals surface area contributed by atoms with Gasteiger partial charge in [0, 0.05) is 65.7 Å². The molecule has 8 fully saturated rings. The van der Waals surface area contributed by atoms with Crippen molar-refractivity contribution in [1.29, 1.82) is 0 Å². The van der Waals surface area contributed by atoms with Gasteiger partial charge >= 0.3 is 0 Å². The van der Waals surface area contributed by atoms with Gasteiger partial charge in [0.1, 0.15) is 0 Å². The Morgan fingerprint density at radius 2 is 1.56 bits per heavy atom. The zero-order chi connectivity index (χ0) is 24.0. The molecule has 10 rings (SSSR count). The molecule has 7 atom stereocenters. The third kappa shape index (κ3) is 2.49. The van der Waals surface area contributed by atoms with Crippen LogP contribution in [0.1, 0.15) is 35.6 Å². The number of hydrogen-bond donors (Lipinski definition) is 0. The van der Waals surface area contributed by atoms with Gasteiger partial charge in [-0.15, -0.1) is 0 Å². The van der Waals surface area contributed by atoms with Gasteiger partial charge in [-0.3, -0.25) is 9.80 Å². The van der Waals surface area contributed by atoms with Crippen LogP contribution in [0.25, 0.3) is 0 Å². The molecule has 0 N–H and O–H groups in total. The normalized spacial score (nSPS) is 47.1. The number of hydrogen-bond acceptors (Lipinski definition) is 2. The number of benzene rings is 2. The summed E-state index contributed by atoms with van der Waals surface area (Å²) in [7, 11) is 0.0826. The van der Waals surface area contributed by atoms with Gasteiger partial charge in [0.05, 0.1) is 0 Å². The van der Waals surface area contributed by atoms with E-state index in [-0.39, 0.29) is 10.0 Å². The number of nitrogens with zero attached hydrogens (tertiary/aromatic N) is 2. The molecular formula is C33H40N2S. The van der Waals surface area contributed by atoms with Crippen LogP contribution in [0, 0.1) is 42.9 Å². The predicted molar refractivity (Wildman–Crippen MR) is 150 cm³/mol. The van der Waals surface area contributed by atoms with Gasteiger partial charge in [0.15, 0.2) is 0 Å². The smallest absolute Gasteiger partial charge is 0.0237 e. The molecular weight excluding hydrogens is 456 g/mol. The van der Waals surface area contributed by atoms with Crippen LogP contribution in [0.2, 0.25) is 0 Å². The lowest BCUT2D eigenvalue weighted by molar-refractivity contribution is -0.0244. The third-order valence-electron chi connectivity index (χ3n) is 11.8. The predicted octanol–water partition coefficient (Wildman–Crippen LogP) is 5.77. The van der Waals surface area contributed by atoms with E-state index in [1.807, 2.05) is 0 Å². The Morgan fingerprint density at radius 3 is 2.08 bits per heavy atom. The highest BCUT2D eigenvalue weighted by atomic mass is 32.3. The average molecular weight is 497 g/mol. The Bertz CT molecular complexity index is 1280. The van der Waals surface area contributed by atoms with Crippen LogP contribution >= 0.6 is 10.0 Å². The van der Waals surface area contributed by atoms with Crippen molar-refractivity contribution >= 4 is 10.0 Å². The summed E-state index contributed by atoms with van der Waals surface area (Å²) in [4.78, 5) is 5.62. The fraction of sp³-hybridized carbons (Fsp3) is 0.576. The van der Waals surface area contributed by atoms with Crippen molar-refractivity contribution in [3.63, 3.8) is 0 Å². The molecule has 7 unspecified atom stereocenters. The molecule has 2 nitrogen and oxygen atoms in total. The average Bonchev–Trinajstić information content (AvgIpc) is 3.58. The summed E-state index contributed by atoms with van der Waals surface area (Å²) in [6, 6.07) is 18.5. The molecule has 0 amide bonds. The van der Waals surface area contributed by atoms with E-state index < -0.39 is 0 Å². The number of allylic oxidation sites excluding steroid dienone is 1. The standard InChI is InChI=1S/C33H40N2S/c1-20-6-4-8-23(14-20)17-34(11-10-25-26-16-22(3)27(25)26)12-13-35(18-24-9-5-7-21(2)15-24)19-33-28-29-31(33)36(29)30(28)32(33)36/h4-10,14-15,22,26-32H,11-13,16-19H2,1-3H3.